The molecule has 3 atom stereocenters. The van der Waals surface area contributed by atoms with Crippen molar-refractivity contribution in [2.45, 2.75) is 11.7 Å². The van der Waals surface area contributed by atoms with Crippen LogP contribution in [0.25, 0.3) is 0 Å². The minimum Gasteiger partial charge on any atom is -0.497 e. The molecule has 0 bridgehead atoms. The quantitative estimate of drug-likeness (QED) is 0.380. The van der Waals surface area contributed by atoms with Crippen molar-refractivity contribution < 1.29 is 33.4 Å². The molecule has 2 saturated heterocycles. The number of nitrogens with zero attached hydrogens (tertiary/aromatic N) is 1. The van der Waals surface area contributed by atoms with E-state index >= 15 is 0 Å². The van der Waals surface area contributed by atoms with E-state index in [-0.39, 0.29) is 22.6 Å². The van der Waals surface area contributed by atoms with Crippen LogP contribution in [0, 0.1) is 11.8 Å². The van der Waals surface area contributed by atoms with Crippen LogP contribution in [-0.2, 0) is 14.3 Å². The average Bonchev–Trinajstić information content (AvgIpc) is 3.48. The number of benzene rings is 3. The number of methoxy groups -OCH3 is 2. The first-order valence-electron chi connectivity index (χ1n) is 11.5. The molecule has 6 rings (SSSR count). The number of ketones is 2. The number of halogens is 1. The fourth-order valence-corrected chi connectivity index (χ4v) is 5.80. The Morgan fingerprint density at radius 2 is 1.49 bits per heavy atom. The molecule has 37 heavy (non-hydrogen) atoms. The average molecular weight is 518 g/mol. The molecule has 0 aromatic heterocycles. The molecule has 0 saturated carbocycles. The number of anilines is 1. The van der Waals surface area contributed by atoms with Crippen LogP contribution in [0.15, 0.2) is 66.7 Å². The van der Waals surface area contributed by atoms with Crippen molar-refractivity contribution in [1.82, 2.24) is 0 Å². The molecule has 3 aromatic rings. The van der Waals surface area contributed by atoms with E-state index in [0.29, 0.717) is 16.3 Å². The largest absolute Gasteiger partial charge is 0.497 e. The minimum absolute atomic E-state index is 0.170. The van der Waals surface area contributed by atoms with Gasteiger partial charge in [-0.15, -0.1) is 0 Å². The SMILES string of the molecule is COc1ccc(N2C(=O)[C@@H]3[C@H](c4ccc(Cl)cc4)OC4(C(=O)c5ccccc5C4=O)[C@H]3C2=O)c(OC)c1. The Bertz CT molecular complexity index is 1460. The predicted octanol–water partition coefficient (Wildman–Crippen LogP) is 4.05. The molecule has 3 aromatic carbocycles. The molecule has 0 N–H and O–H groups in total. The van der Waals surface area contributed by atoms with Gasteiger partial charge < -0.3 is 14.2 Å². The first-order valence-corrected chi connectivity index (χ1v) is 11.9. The maximum absolute atomic E-state index is 14.1. The number of hydrogen-bond donors (Lipinski definition) is 0. The van der Waals surface area contributed by atoms with Gasteiger partial charge in [0.25, 0.3) is 0 Å². The Balaban J connectivity index is 1.54. The summed E-state index contributed by atoms with van der Waals surface area (Å²) in [5.74, 6) is -4.32. The van der Waals surface area contributed by atoms with E-state index in [0.717, 1.165) is 4.90 Å². The van der Waals surface area contributed by atoms with Crippen LogP contribution in [0.3, 0.4) is 0 Å². The van der Waals surface area contributed by atoms with Crippen molar-refractivity contribution in [2.24, 2.45) is 11.8 Å². The zero-order chi connectivity index (χ0) is 26.1. The van der Waals surface area contributed by atoms with Crippen molar-refractivity contribution in [3.63, 3.8) is 0 Å². The summed E-state index contributed by atoms with van der Waals surface area (Å²) in [6, 6.07) is 17.6. The van der Waals surface area contributed by atoms with E-state index in [2.05, 4.69) is 0 Å². The highest BCUT2D eigenvalue weighted by Crippen LogP contribution is 2.58. The number of ether oxygens (including phenoxy) is 3. The normalized spacial score (nSPS) is 23.5. The summed E-state index contributed by atoms with van der Waals surface area (Å²) in [5, 5.41) is 0.465. The van der Waals surface area contributed by atoms with E-state index in [1.807, 2.05) is 0 Å². The number of rotatable bonds is 4. The molecule has 3 aliphatic rings. The molecule has 1 spiro atoms. The molecule has 8 nitrogen and oxygen atoms in total. The zero-order valence-corrected chi connectivity index (χ0v) is 20.5. The van der Waals surface area contributed by atoms with Crippen LogP contribution in [0.5, 0.6) is 11.5 Å². The van der Waals surface area contributed by atoms with E-state index in [1.165, 1.54) is 32.4 Å². The molecule has 9 heteroatoms. The summed E-state index contributed by atoms with van der Waals surface area (Å²) in [6.07, 6.45) is -1.03. The van der Waals surface area contributed by atoms with Gasteiger partial charge in [-0.1, -0.05) is 48.0 Å². The van der Waals surface area contributed by atoms with Crippen LogP contribution < -0.4 is 14.4 Å². The number of fused-ring (bicyclic) bond motifs is 3. The smallest absolute Gasteiger partial charge is 0.241 e. The summed E-state index contributed by atoms with van der Waals surface area (Å²) in [7, 11) is 2.89. The lowest BCUT2D eigenvalue weighted by molar-refractivity contribution is -0.127. The summed E-state index contributed by atoms with van der Waals surface area (Å²) < 4.78 is 17.0. The summed E-state index contributed by atoms with van der Waals surface area (Å²) in [6.45, 7) is 0. The Hall–Kier alpha value is -4.01. The highest BCUT2D eigenvalue weighted by molar-refractivity contribution is 6.37. The van der Waals surface area contributed by atoms with Crippen LogP contribution in [0.2, 0.25) is 5.02 Å². The van der Waals surface area contributed by atoms with Gasteiger partial charge in [-0.05, 0) is 29.8 Å². The van der Waals surface area contributed by atoms with Gasteiger partial charge in [0, 0.05) is 22.2 Å². The second kappa shape index (κ2) is 8.26. The lowest BCUT2D eigenvalue weighted by Crippen LogP contribution is -2.51. The summed E-state index contributed by atoms with van der Waals surface area (Å²) >= 11 is 6.07. The van der Waals surface area contributed by atoms with Crippen molar-refractivity contribution in [1.29, 1.82) is 0 Å². The molecule has 0 unspecified atom stereocenters. The van der Waals surface area contributed by atoms with Gasteiger partial charge in [0.15, 0.2) is 0 Å². The van der Waals surface area contributed by atoms with E-state index in [4.69, 9.17) is 25.8 Å². The predicted molar refractivity (Wildman–Crippen MR) is 132 cm³/mol. The second-order valence-electron chi connectivity index (χ2n) is 9.08. The van der Waals surface area contributed by atoms with Crippen molar-refractivity contribution in [3.05, 3.63) is 88.4 Å². The Labute approximate surface area is 216 Å². The molecule has 0 radical (unpaired) electrons. The Morgan fingerprint density at radius 1 is 0.838 bits per heavy atom. The van der Waals surface area contributed by atoms with Crippen molar-refractivity contribution >= 4 is 40.7 Å². The third-order valence-electron chi connectivity index (χ3n) is 7.35. The standard InChI is InChI=1S/C28H20ClNO7/c1-35-16-11-12-19(20(13-16)36-2)30-26(33)21-22(27(30)34)28(37-23(21)14-7-9-15(29)10-8-14)24(31)17-5-3-4-6-18(17)25(28)32/h3-13,21-23H,1-2H3/t21-,22+,23-/m0/s1. The van der Waals surface area contributed by atoms with Crippen LogP contribution in [0.4, 0.5) is 5.69 Å². The molecule has 2 heterocycles. The number of imide groups is 1. The van der Waals surface area contributed by atoms with Gasteiger partial charge in [0.2, 0.25) is 29.0 Å². The van der Waals surface area contributed by atoms with Crippen molar-refractivity contribution in [2.75, 3.05) is 19.1 Å². The van der Waals surface area contributed by atoms with Gasteiger partial charge in [-0.3, -0.25) is 19.2 Å². The van der Waals surface area contributed by atoms with Crippen LogP contribution in [-0.4, -0.2) is 43.2 Å². The number of carbonyl (C=O) groups is 4. The number of carbonyl (C=O) groups excluding carboxylic acids is 4. The molecular weight excluding hydrogens is 498 g/mol. The van der Waals surface area contributed by atoms with Crippen molar-refractivity contribution in [3.8, 4) is 11.5 Å². The number of hydrogen-bond acceptors (Lipinski definition) is 7. The molecule has 2 aliphatic heterocycles. The molecule has 1 aliphatic carbocycles. The fraction of sp³-hybridized carbons (Fsp3) is 0.214. The first kappa shape index (κ1) is 23.4. The topological polar surface area (TPSA) is 99.2 Å². The van der Waals surface area contributed by atoms with E-state index < -0.39 is 46.9 Å². The monoisotopic (exact) mass is 517 g/mol. The summed E-state index contributed by atoms with van der Waals surface area (Å²) in [5.41, 5.74) is -1.10. The van der Waals surface area contributed by atoms with E-state index in [9.17, 15) is 19.2 Å². The Morgan fingerprint density at radius 3 is 2.08 bits per heavy atom. The second-order valence-corrected chi connectivity index (χ2v) is 9.52. The van der Waals surface area contributed by atoms with Gasteiger partial charge in [-0.2, -0.15) is 0 Å². The number of Topliss-reactive ketones (excluding diaryl/α,β-unsaturated/α-hetero) is 2. The maximum Gasteiger partial charge on any atom is 0.241 e. The van der Waals surface area contributed by atoms with Gasteiger partial charge >= 0.3 is 0 Å². The molecule has 186 valence electrons. The molecule has 2 fully saturated rings. The molecule has 2 amide bonds. The van der Waals surface area contributed by atoms with E-state index in [1.54, 1.807) is 48.5 Å². The lowest BCUT2D eigenvalue weighted by Gasteiger charge is -2.27. The minimum atomic E-state index is -2.15. The van der Waals surface area contributed by atoms with Gasteiger partial charge in [0.05, 0.1) is 37.8 Å². The lowest BCUT2D eigenvalue weighted by atomic mass is 9.77. The zero-order valence-electron chi connectivity index (χ0n) is 19.8. The first-order chi connectivity index (χ1) is 17.8. The molecular formula is C28H20ClNO7. The van der Waals surface area contributed by atoms with Crippen LogP contribution in [0.1, 0.15) is 32.4 Å². The number of amides is 2. The van der Waals surface area contributed by atoms with Crippen LogP contribution >= 0.6 is 11.6 Å². The van der Waals surface area contributed by atoms with Gasteiger partial charge in [-0.25, -0.2) is 4.90 Å². The summed E-state index contributed by atoms with van der Waals surface area (Å²) in [4.78, 5) is 56.7. The Kier molecular flexibility index (Phi) is 5.22. The fourth-order valence-electron chi connectivity index (χ4n) is 5.68. The third kappa shape index (κ3) is 3.06. The highest BCUT2D eigenvalue weighted by Gasteiger charge is 2.74. The third-order valence-corrected chi connectivity index (χ3v) is 7.60. The van der Waals surface area contributed by atoms with Gasteiger partial charge in [0.1, 0.15) is 11.5 Å². The highest BCUT2D eigenvalue weighted by atomic mass is 35.5. The maximum atomic E-state index is 14.1.